The molecule has 5 heteroatoms. The molecule has 5 nitrogen and oxygen atoms in total. The second-order valence-corrected chi connectivity index (χ2v) is 6.80. The maximum atomic E-state index is 5.39. The van der Waals surface area contributed by atoms with E-state index in [0.717, 1.165) is 50.6 Å². The van der Waals surface area contributed by atoms with Crippen LogP contribution in [0.1, 0.15) is 24.2 Å². The van der Waals surface area contributed by atoms with E-state index >= 15 is 0 Å². The van der Waals surface area contributed by atoms with Gasteiger partial charge in [-0.05, 0) is 30.5 Å². The predicted octanol–water partition coefficient (Wildman–Crippen LogP) is 2.66. The van der Waals surface area contributed by atoms with Crippen LogP contribution >= 0.6 is 0 Å². The maximum Gasteiger partial charge on any atom is 0.192 e. The first-order valence-electron chi connectivity index (χ1n) is 9.60. The molecular formula is C22H28N4O. The first-order chi connectivity index (χ1) is 13.3. The third kappa shape index (κ3) is 6.50. The van der Waals surface area contributed by atoms with E-state index in [1.54, 1.807) is 6.26 Å². The van der Waals surface area contributed by atoms with E-state index in [2.05, 4.69) is 56.8 Å². The zero-order valence-corrected chi connectivity index (χ0v) is 15.7. The van der Waals surface area contributed by atoms with E-state index in [9.17, 15) is 0 Å². The van der Waals surface area contributed by atoms with Crippen LogP contribution in [0.2, 0.25) is 0 Å². The van der Waals surface area contributed by atoms with Gasteiger partial charge in [0, 0.05) is 38.6 Å². The standard InChI is InChI=1S/C22H28N4O/c1-2-13-23-22(24-14-10-21-9-6-17-27-21)25-20-11-15-26(16-12-20)18-19-7-4-3-5-8-19/h1,3-9,17,20H,10-16,18H2,(H2,23,24,25). The van der Waals surface area contributed by atoms with Gasteiger partial charge in [-0.2, -0.15) is 0 Å². The molecule has 3 rings (SSSR count). The fourth-order valence-electron chi connectivity index (χ4n) is 3.29. The highest BCUT2D eigenvalue weighted by molar-refractivity contribution is 5.80. The van der Waals surface area contributed by atoms with Crippen molar-refractivity contribution in [3.05, 3.63) is 60.1 Å². The predicted molar refractivity (Wildman–Crippen MR) is 109 cm³/mol. The Morgan fingerprint density at radius 1 is 1.19 bits per heavy atom. The largest absolute Gasteiger partial charge is 0.469 e. The van der Waals surface area contributed by atoms with Gasteiger partial charge < -0.3 is 15.1 Å². The number of guanidine groups is 1. The molecule has 0 unspecified atom stereocenters. The van der Waals surface area contributed by atoms with E-state index in [4.69, 9.17) is 10.8 Å². The Hall–Kier alpha value is -2.71. The average molecular weight is 364 g/mol. The molecular weight excluding hydrogens is 336 g/mol. The number of piperidine rings is 1. The summed E-state index contributed by atoms with van der Waals surface area (Å²) in [5, 5.41) is 6.75. The summed E-state index contributed by atoms with van der Waals surface area (Å²) >= 11 is 0. The summed E-state index contributed by atoms with van der Waals surface area (Å²) in [4.78, 5) is 7.15. The van der Waals surface area contributed by atoms with Crippen molar-refractivity contribution >= 4 is 5.96 Å². The summed E-state index contributed by atoms with van der Waals surface area (Å²) in [6, 6.07) is 15.0. The Labute approximate surface area is 161 Å². The number of furan rings is 1. The number of benzene rings is 1. The van der Waals surface area contributed by atoms with Crippen LogP contribution in [-0.4, -0.2) is 43.1 Å². The molecule has 2 aromatic rings. The van der Waals surface area contributed by atoms with Crippen LogP contribution < -0.4 is 10.6 Å². The lowest BCUT2D eigenvalue weighted by Crippen LogP contribution is -2.48. The lowest BCUT2D eigenvalue weighted by molar-refractivity contribution is 0.198. The van der Waals surface area contributed by atoms with Crippen molar-refractivity contribution < 1.29 is 4.42 Å². The number of aliphatic imine (C=N–C) groups is 1. The molecule has 1 aromatic carbocycles. The van der Waals surface area contributed by atoms with Crippen molar-refractivity contribution in [2.75, 3.05) is 26.2 Å². The minimum atomic E-state index is 0.421. The summed E-state index contributed by atoms with van der Waals surface area (Å²) in [5.41, 5.74) is 1.37. The fourth-order valence-corrected chi connectivity index (χ4v) is 3.29. The Morgan fingerprint density at radius 3 is 2.70 bits per heavy atom. The van der Waals surface area contributed by atoms with Crippen molar-refractivity contribution in [1.29, 1.82) is 0 Å². The second-order valence-electron chi connectivity index (χ2n) is 6.80. The number of terminal acetylenes is 1. The molecule has 1 aromatic heterocycles. The van der Waals surface area contributed by atoms with Crippen LogP contribution in [0.15, 0.2) is 58.1 Å². The van der Waals surface area contributed by atoms with Gasteiger partial charge in [-0.25, -0.2) is 0 Å². The highest BCUT2D eigenvalue weighted by atomic mass is 16.3. The summed E-state index contributed by atoms with van der Waals surface area (Å²) in [6.07, 6.45) is 10.1. The SMILES string of the molecule is C#CCNC(=NCCc1ccco1)NC1CCN(Cc2ccccc2)CC1. The van der Waals surface area contributed by atoms with Gasteiger partial charge in [0.15, 0.2) is 5.96 Å². The van der Waals surface area contributed by atoms with Crippen LogP contribution in [0.25, 0.3) is 0 Å². The van der Waals surface area contributed by atoms with E-state index in [1.165, 1.54) is 5.56 Å². The number of nitrogens with one attached hydrogen (secondary N) is 2. The molecule has 0 radical (unpaired) electrons. The quantitative estimate of drug-likeness (QED) is 0.451. The van der Waals surface area contributed by atoms with E-state index in [-0.39, 0.29) is 0 Å². The molecule has 0 spiro atoms. The minimum Gasteiger partial charge on any atom is -0.469 e. The number of likely N-dealkylation sites (tertiary alicyclic amines) is 1. The zero-order chi connectivity index (χ0) is 18.7. The molecule has 27 heavy (non-hydrogen) atoms. The van der Waals surface area contributed by atoms with E-state index < -0.39 is 0 Å². The molecule has 1 fully saturated rings. The van der Waals surface area contributed by atoms with Crippen molar-refractivity contribution in [3.8, 4) is 12.3 Å². The number of nitrogens with zero attached hydrogens (tertiary/aromatic N) is 2. The van der Waals surface area contributed by atoms with Crippen LogP contribution in [0.3, 0.4) is 0 Å². The number of hydrogen-bond donors (Lipinski definition) is 2. The second kappa shape index (κ2) is 10.4. The van der Waals surface area contributed by atoms with Crippen molar-refractivity contribution in [2.24, 2.45) is 4.99 Å². The minimum absolute atomic E-state index is 0.421. The normalized spacial score (nSPS) is 16.0. The molecule has 142 valence electrons. The number of rotatable bonds is 7. The van der Waals surface area contributed by atoms with Gasteiger partial charge in [0.2, 0.25) is 0 Å². The van der Waals surface area contributed by atoms with Gasteiger partial charge in [-0.1, -0.05) is 36.3 Å². The van der Waals surface area contributed by atoms with Crippen molar-refractivity contribution in [1.82, 2.24) is 15.5 Å². The summed E-state index contributed by atoms with van der Waals surface area (Å²) in [6.45, 7) is 4.33. The van der Waals surface area contributed by atoms with Crippen LogP contribution in [0.5, 0.6) is 0 Å². The fraction of sp³-hybridized carbons (Fsp3) is 0.409. The van der Waals surface area contributed by atoms with Gasteiger partial charge in [0.1, 0.15) is 5.76 Å². The van der Waals surface area contributed by atoms with Gasteiger partial charge in [-0.15, -0.1) is 6.42 Å². The number of hydrogen-bond acceptors (Lipinski definition) is 3. The van der Waals surface area contributed by atoms with Crippen molar-refractivity contribution in [2.45, 2.75) is 31.8 Å². The van der Waals surface area contributed by atoms with Crippen LogP contribution in [0, 0.1) is 12.3 Å². The van der Waals surface area contributed by atoms with Gasteiger partial charge in [0.05, 0.1) is 12.8 Å². The molecule has 1 aliphatic rings. The molecule has 0 amide bonds. The Bertz CT molecular complexity index is 725. The average Bonchev–Trinajstić information content (AvgIpc) is 3.22. The third-order valence-electron chi connectivity index (χ3n) is 4.74. The monoisotopic (exact) mass is 364 g/mol. The zero-order valence-electron chi connectivity index (χ0n) is 15.7. The van der Waals surface area contributed by atoms with Crippen molar-refractivity contribution in [3.63, 3.8) is 0 Å². The molecule has 2 heterocycles. The summed E-state index contributed by atoms with van der Waals surface area (Å²) in [7, 11) is 0. The van der Waals surface area contributed by atoms with E-state index in [0.29, 0.717) is 19.1 Å². The van der Waals surface area contributed by atoms with Gasteiger partial charge >= 0.3 is 0 Å². The highest BCUT2D eigenvalue weighted by Crippen LogP contribution is 2.13. The lowest BCUT2D eigenvalue weighted by Gasteiger charge is -2.33. The molecule has 0 bridgehead atoms. The van der Waals surface area contributed by atoms with Crippen LogP contribution in [-0.2, 0) is 13.0 Å². The Morgan fingerprint density at radius 2 is 2.00 bits per heavy atom. The van der Waals surface area contributed by atoms with Gasteiger partial charge in [-0.3, -0.25) is 9.89 Å². The molecule has 2 N–H and O–H groups in total. The highest BCUT2D eigenvalue weighted by Gasteiger charge is 2.20. The summed E-state index contributed by atoms with van der Waals surface area (Å²) < 4.78 is 5.36. The lowest BCUT2D eigenvalue weighted by atomic mass is 10.0. The Balaban J connectivity index is 1.45. The molecule has 1 aliphatic heterocycles. The topological polar surface area (TPSA) is 52.8 Å². The Kier molecular flexibility index (Phi) is 7.37. The van der Waals surface area contributed by atoms with E-state index in [1.807, 2.05) is 12.1 Å². The maximum absolute atomic E-state index is 5.39. The first kappa shape index (κ1) is 19.1. The molecule has 0 atom stereocenters. The third-order valence-corrected chi connectivity index (χ3v) is 4.74. The van der Waals surface area contributed by atoms with Gasteiger partial charge in [0.25, 0.3) is 0 Å². The summed E-state index contributed by atoms with van der Waals surface area (Å²) in [5.74, 6) is 4.36. The first-order valence-corrected chi connectivity index (χ1v) is 9.60. The molecule has 0 aliphatic carbocycles. The van der Waals surface area contributed by atoms with Crippen LogP contribution in [0.4, 0.5) is 0 Å². The smallest absolute Gasteiger partial charge is 0.192 e. The molecule has 0 saturated carbocycles. The molecule has 1 saturated heterocycles.